The summed E-state index contributed by atoms with van der Waals surface area (Å²) in [5.41, 5.74) is 0. The molecular formula is C12H15BrF2N2O3S. The summed E-state index contributed by atoms with van der Waals surface area (Å²) in [5.74, 6) is -2.63. The van der Waals surface area contributed by atoms with Crippen molar-refractivity contribution in [3.8, 4) is 0 Å². The molecule has 1 N–H and O–H groups in total. The quantitative estimate of drug-likeness (QED) is 0.813. The highest BCUT2D eigenvalue weighted by Crippen LogP contribution is 2.29. The van der Waals surface area contributed by atoms with Crippen molar-refractivity contribution < 1.29 is 22.0 Å². The summed E-state index contributed by atoms with van der Waals surface area (Å²) < 4.78 is 52.5. The molecule has 9 heteroatoms. The number of benzene rings is 1. The van der Waals surface area contributed by atoms with Crippen LogP contribution in [0.1, 0.15) is 13.3 Å². The minimum Gasteiger partial charge on any atom is -0.358 e. The van der Waals surface area contributed by atoms with Crippen molar-refractivity contribution in [1.82, 2.24) is 9.62 Å². The third-order valence-electron chi connectivity index (χ3n) is 2.63. The molecule has 0 saturated carbocycles. The Hall–Kier alpha value is -1.06. The highest BCUT2D eigenvalue weighted by atomic mass is 79.9. The molecule has 1 rings (SSSR count). The van der Waals surface area contributed by atoms with E-state index < -0.39 is 39.0 Å². The van der Waals surface area contributed by atoms with Gasteiger partial charge in [-0.1, -0.05) is 6.92 Å². The van der Waals surface area contributed by atoms with Gasteiger partial charge in [-0.3, -0.25) is 4.79 Å². The minimum absolute atomic E-state index is 0.0407. The molecule has 0 radical (unpaired) electrons. The van der Waals surface area contributed by atoms with Crippen LogP contribution >= 0.6 is 15.9 Å². The maximum absolute atomic E-state index is 13.9. The second kappa shape index (κ2) is 7.28. The number of hydrogen-bond acceptors (Lipinski definition) is 3. The van der Waals surface area contributed by atoms with E-state index in [9.17, 15) is 22.0 Å². The Bertz CT molecular complexity index is 614. The maximum atomic E-state index is 13.9. The number of likely N-dealkylation sites (N-methyl/N-ethyl adjacent to an activating group) is 1. The minimum atomic E-state index is -4.26. The number of sulfonamides is 1. The molecule has 0 aliphatic carbocycles. The Morgan fingerprint density at radius 1 is 1.38 bits per heavy atom. The van der Waals surface area contributed by atoms with Crippen LogP contribution in [0.5, 0.6) is 0 Å². The first-order chi connectivity index (χ1) is 9.73. The Morgan fingerprint density at radius 3 is 2.48 bits per heavy atom. The van der Waals surface area contributed by atoms with Crippen molar-refractivity contribution >= 4 is 31.9 Å². The second-order valence-electron chi connectivity index (χ2n) is 4.21. The average Bonchev–Trinajstić information content (AvgIpc) is 2.36. The molecule has 1 amide bonds. The van der Waals surface area contributed by atoms with Gasteiger partial charge >= 0.3 is 0 Å². The molecule has 0 aliphatic heterocycles. The van der Waals surface area contributed by atoms with Crippen LogP contribution in [0.3, 0.4) is 0 Å². The number of nitrogens with one attached hydrogen (secondary N) is 1. The van der Waals surface area contributed by atoms with E-state index in [0.717, 1.165) is 10.4 Å². The van der Waals surface area contributed by atoms with Gasteiger partial charge in [0.2, 0.25) is 15.9 Å². The van der Waals surface area contributed by atoms with Gasteiger partial charge in [0.1, 0.15) is 16.5 Å². The first-order valence-corrected chi connectivity index (χ1v) is 8.32. The fourth-order valence-corrected chi connectivity index (χ4v) is 4.28. The Morgan fingerprint density at radius 2 is 2.00 bits per heavy atom. The number of halogens is 3. The molecule has 0 saturated heterocycles. The molecule has 1 aromatic rings. The highest BCUT2D eigenvalue weighted by Gasteiger charge is 2.31. The van der Waals surface area contributed by atoms with E-state index in [1.165, 1.54) is 7.05 Å². The van der Waals surface area contributed by atoms with Crippen molar-refractivity contribution in [3.05, 3.63) is 28.2 Å². The zero-order chi connectivity index (χ0) is 16.2. The summed E-state index contributed by atoms with van der Waals surface area (Å²) in [7, 11) is -2.89. The molecule has 0 aromatic heterocycles. The van der Waals surface area contributed by atoms with Gasteiger partial charge in [0.05, 0.1) is 6.54 Å². The highest BCUT2D eigenvalue weighted by molar-refractivity contribution is 9.10. The van der Waals surface area contributed by atoms with Crippen molar-refractivity contribution in [2.45, 2.75) is 18.2 Å². The topological polar surface area (TPSA) is 66.5 Å². The third kappa shape index (κ3) is 4.21. The van der Waals surface area contributed by atoms with E-state index in [1.807, 2.05) is 0 Å². The van der Waals surface area contributed by atoms with Crippen molar-refractivity contribution in [1.29, 1.82) is 0 Å². The van der Waals surface area contributed by atoms with Gasteiger partial charge in [-0.25, -0.2) is 17.2 Å². The predicted octanol–water partition coefficient (Wildman–Crippen LogP) is 1.87. The van der Waals surface area contributed by atoms with Crippen LogP contribution < -0.4 is 5.32 Å². The van der Waals surface area contributed by atoms with Gasteiger partial charge < -0.3 is 5.32 Å². The molecule has 0 aliphatic rings. The lowest BCUT2D eigenvalue weighted by atomic mass is 10.3. The van der Waals surface area contributed by atoms with E-state index in [0.29, 0.717) is 12.5 Å². The van der Waals surface area contributed by atoms with Crippen LogP contribution in [-0.2, 0) is 14.8 Å². The van der Waals surface area contributed by atoms with Crippen molar-refractivity contribution in [2.75, 3.05) is 20.1 Å². The summed E-state index contributed by atoms with van der Waals surface area (Å²) in [6.07, 6.45) is 0.441. The molecule has 0 heterocycles. The summed E-state index contributed by atoms with van der Waals surface area (Å²) in [6.45, 7) is 1.33. The van der Waals surface area contributed by atoms with E-state index in [-0.39, 0.29) is 11.0 Å². The Labute approximate surface area is 130 Å². The van der Waals surface area contributed by atoms with Gasteiger partial charge in [-0.05, 0) is 28.4 Å². The van der Waals surface area contributed by atoms with Gasteiger partial charge in [0, 0.05) is 24.1 Å². The zero-order valence-corrected chi connectivity index (χ0v) is 13.9. The van der Waals surface area contributed by atoms with E-state index in [1.54, 1.807) is 6.92 Å². The molecule has 0 unspecified atom stereocenters. The third-order valence-corrected chi connectivity index (χ3v) is 5.44. The van der Waals surface area contributed by atoms with E-state index in [4.69, 9.17) is 0 Å². The number of hydrogen-bond donors (Lipinski definition) is 1. The lowest BCUT2D eigenvalue weighted by Gasteiger charge is -2.21. The van der Waals surface area contributed by atoms with Crippen LogP contribution in [0.15, 0.2) is 21.5 Å². The van der Waals surface area contributed by atoms with Crippen LogP contribution in [0.25, 0.3) is 0 Å². The fraction of sp³-hybridized carbons (Fsp3) is 0.417. The summed E-state index contributed by atoms with van der Waals surface area (Å²) in [5, 5.41) is 2.31. The van der Waals surface area contributed by atoms with Gasteiger partial charge in [0.15, 0.2) is 0 Å². The van der Waals surface area contributed by atoms with Crippen LogP contribution in [-0.4, -0.2) is 38.8 Å². The van der Waals surface area contributed by atoms with Crippen LogP contribution in [0.2, 0.25) is 0 Å². The molecular weight excluding hydrogens is 370 g/mol. The summed E-state index contributed by atoms with van der Waals surface area (Å²) in [6, 6.07) is 1.35. The van der Waals surface area contributed by atoms with E-state index >= 15 is 0 Å². The largest absolute Gasteiger partial charge is 0.358 e. The molecule has 21 heavy (non-hydrogen) atoms. The Kier molecular flexibility index (Phi) is 6.24. The first-order valence-electron chi connectivity index (χ1n) is 6.09. The smallest absolute Gasteiger partial charge is 0.247 e. The molecule has 1 aromatic carbocycles. The van der Waals surface area contributed by atoms with Gasteiger partial charge in [-0.15, -0.1) is 0 Å². The fourth-order valence-electron chi connectivity index (χ4n) is 1.68. The number of carbonyl (C=O) groups excluding carboxylic acids is 1. The van der Waals surface area contributed by atoms with Crippen LogP contribution in [0, 0.1) is 11.6 Å². The molecule has 0 fully saturated rings. The number of amides is 1. The maximum Gasteiger partial charge on any atom is 0.247 e. The molecule has 5 nitrogen and oxygen atoms in total. The molecule has 0 spiro atoms. The number of rotatable bonds is 6. The summed E-state index contributed by atoms with van der Waals surface area (Å²) in [4.78, 5) is 10.7. The van der Waals surface area contributed by atoms with E-state index in [2.05, 4.69) is 21.2 Å². The lowest BCUT2D eigenvalue weighted by molar-refractivity contribution is -0.120. The monoisotopic (exact) mass is 384 g/mol. The van der Waals surface area contributed by atoms with Gasteiger partial charge in [-0.2, -0.15) is 4.31 Å². The normalized spacial score (nSPS) is 11.7. The summed E-state index contributed by atoms with van der Waals surface area (Å²) >= 11 is 2.85. The molecule has 0 atom stereocenters. The first kappa shape index (κ1) is 18.0. The second-order valence-corrected chi connectivity index (χ2v) is 6.94. The number of carbonyl (C=O) groups is 1. The lowest BCUT2D eigenvalue weighted by Crippen LogP contribution is -2.40. The predicted molar refractivity (Wildman–Crippen MR) is 77.2 cm³/mol. The standard InChI is InChI=1S/C12H15BrF2N2O3S/c1-3-4-17(7-11(18)16-2)21(19,20)12-9(13)5-8(14)6-10(12)15/h5-6H,3-4,7H2,1-2H3,(H,16,18). The average molecular weight is 385 g/mol. The zero-order valence-electron chi connectivity index (χ0n) is 11.5. The van der Waals surface area contributed by atoms with Crippen molar-refractivity contribution in [3.63, 3.8) is 0 Å². The number of nitrogens with zero attached hydrogens (tertiary/aromatic N) is 1. The molecule has 0 bridgehead atoms. The van der Waals surface area contributed by atoms with Crippen LogP contribution in [0.4, 0.5) is 8.78 Å². The Balaban J connectivity index is 3.32. The SMILES string of the molecule is CCCN(CC(=O)NC)S(=O)(=O)c1c(F)cc(F)cc1Br. The molecule has 118 valence electrons. The van der Waals surface area contributed by atoms with Gasteiger partial charge in [0.25, 0.3) is 0 Å². The van der Waals surface area contributed by atoms with Crippen molar-refractivity contribution in [2.24, 2.45) is 0 Å².